The molecular formula is C37H29N4O10P2RuS+2. The molecule has 3 N–H and O–H groups in total. The largest absolute Gasteiger partial charge is 1.00 e. The van der Waals surface area contributed by atoms with Gasteiger partial charge >= 0.3 is 54.1 Å². The average Bonchev–Trinajstić information content (AvgIpc) is 3.83. The topological polar surface area (TPSA) is 210 Å². The molecule has 8 rings (SSSR count). The maximum Gasteiger partial charge on any atom is 1.00 e. The van der Waals surface area contributed by atoms with Gasteiger partial charge in [-0.05, 0) is 60.7 Å². The maximum absolute atomic E-state index is 11.5. The van der Waals surface area contributed by atoms with Gasteiger partial charge in [0.2, 0.25) is 17.2 Å². The Kier molecular flexibility index (Phi) is 14.0. The first kappa shape index (κ1) is 40.9. The van der Waals surface area contributed by atoms with Gasteiger partial charge in [0, 0.05) is 25.2 Å². The number of rotatable bonds is 7. The number of aromatic carboxylic acids is 3. The Balaban J connectivity index is 0.000000194. The molecular weight excluding hydrogens is 856 g/mol. The van der Waals surface area contributed by atoms with Crippen LogP contribution < -0.4 is 9.05 Å². The first-order valence-electron chi connectivity index (χ1n) is 16.1. The van der Waals surface area contributed by atoms with Crippen LogP contribution in [0, 0.1) is 0 Å². The van der Waals surface area contributed by atoms with Gasteiger partial charge in [0.1, 0.15) is 0 Å². The average molecular weight is 885 g/mol. The number of thiocarbonyl (C=S) groups is 1. The van der Waals surface area contributed by atoms with Gasteiger partial charge in [-0.3, -0.25) is 9.97 Å². The van der Waals surface area contributed by atoms with E-state index in [4.69, 9.17) is 33.7 Å². The van der Waals surface area contributed by atoms with Crippen LogP contribution in [-0.2, 0) is 28.5 Å². The van der Waals surface area contributed by atoms with Gasteiger partial charge in [0.05, 0.1) is 39.5 Å². The molecule has 55 heavy (non-hydrogen) atoms. The molecule has 2 aliphatic heterocycles. The van der Waals surface area contributed by atoms with Crippen LogP contribution in [0.5, 0.6) is 11.5 Å². The molecule has 1 radical (unpaired) electrons. The monoisotopic (exact) mass is 885 g/mol. The van der Waals surface area contributed by atoms with Gasteiger partial charge < -0.3 is 34.3 Å². The number of carboxylic acids is 3. The second kappa shape index (κ2) is 18.8. The normalized spacial score (nSPS) is 18.6. The smallest absolute Gasteiger partial charge is 0.753 e. The van der Waals surface area contributed by atoms with Crippen LogP contribution >= 0.6 is 29.0 Å². The minimum atomic E-state index is -1.50. The van der Waals surface area contributed by atoms with Crippen molar-refractivity contribution in [3.05, 3.63) is 143 Å². The van der Waals surface area contributed by atoms with Crippen LogP contribution in [0.4, 0.5) is 0 Å². The number of carbonyl (C=O) groups is 3. The van der Waals surface area contributed by atoms with Crippen LogP contribution in [0.2, 0.25) is 0 Å². The van der Waals surface area contributed by atoms with Gasteiger partial charge in [-0.2, -0.15) is 9.69 Å². The number of hydrogen-bond donors (Lipinski definition) is 3. The molecule has 3 aromatic heterocycles. The summed E-state index contributed by atoms with van der Waals surface area (Å²) in [4.78, 5) is 46.1. The quantitative estimate of drug-likeness (QED) is 0.0696. The number of carboxylic acid groups (broad SMARTS) is 3. The molecule has 0 bridgehead atoms. The second-order valence-corrected chi connectivity index (χ2v) is 15.0. The van der Waals surface area contributed by atoms with Gasteiger partial charge in [0.15, 0.2) is 17.2 Å². The number of fused-ring (bicyclic) bond motifs is 2. The number of para-hydroxylation sites is 2. The third kappa shape index (κ3) is 9.87. The molecule has 3 atom stereocenters. The van der Waals surface area contributed by atoms with E-state index in [1.165, 1.54) is 59.3 Å². The molecule has 14 nitrogen and oxygen atoms in total. The maximum atomic E-state index is 11.5. The van der Waals surface area contributed by atoms with Gasteiger partial charge in [-0.25, -0.2) is 19.4 Å². The van der Waals surface area contributed by atoms with Crippen molar-refractivity contribution in [2.75, 3.05) is 0 Å². The van der Waals surface area contributed by atoms with Crippen LogP contribution in [0.3, 0.4) is 0 Å². The zero-order chi connectivity index (χ0) is 38.2. The molecule has 0 saturated carbocycles. The minimum absolute atomic E-state index is 0. The van der Waals surface area contributed by atoms with E-state index >= 15 is 0 Å². The Bertz CT molecular complexity index is 2180. The summed E-state index contributed by atoms with van der Waals surface area (Å²) in [6.45, 7) is 0. The molecule has 18 heteroatoms. The van der Waals surface area contributed by atoms with E-state index in [0.717, 1.165) is 30.1 Å². The number of nitrogens with zero attached hydrogens (tertiary/aromatic N) is 4. The van der Waals surface area contributed by atoms with E-state index in [1.807, 2.05) is 36.4 Å². The summed E-state index contributed by atoms with van der Waals surface area (Å²) in [6, 6.07) is 15.5. The first-order valence-corrected chi connectivity index (χ1v) is 19.2. The Morgan fingerprint density at radius 1 is 0.745 bits per heavy atom. The number of hydrogen-bond acceptors (Lipinski definition) is 11. The van der Waals surface area contributed by atoms with Crippen LogP contribution in [0.25, 0.3) is 28.2 Å². The van der Waals surface area contributed by atoms with Crippen molar-refractivity contribution in [2.45, 2.75) is 24.6 Å². The minimum Gasteiger partial charge on any atom is -0.753 e. The molecule has 4 aliphatic rings. The number of pyridine rings is 3. The standard InChI is InChI=1S/C18H11N3O6.C18H16O4P2.CNS.Ru/c22-16(23)9-1-3-19-12(5-9)14-7-11(18(26)27)8-15(21-14)13-6-10(17(24)25)2-4-20-13;1-2-8-14-13(7-1)19-23(20-14)17-11-5-6-12-18(17)24-21-15-9-3-4-10-16(15)22-24;2-1-3;/h1-8H,(H,22,23)(H,24,25)(H,26,27);1-9,12,16-17H,10-11H2;;/q;;-1;+1/p+2. The predicted octanol–water partition coefficient (Wildman–Crippen LogP) is 7.97. The number of benzene rings is 1. The van der Waals surface area contributed by atoms with Crippen LogP contribution in [-0.4, -0.2) is 65.1 Å². The Morgan fingerprint density at radius 3 is 1.78 bits per heavy atom. The van der Waals surface area contributed by atoms with E-state index in [0.29, 0.717) is 0 Å². The van der Waals surface area contributed by atoms with Gasteiger partial charge in [0.25, 0.3) is 0 Å². The van der Waals surface area contributed by atoms with Crippen molar-refractivity contribution in [1.82, 2.24) is 15.0 Å². The number of isothiocyanates is 1. The van der Waals surface area contributed by atoms with Crippen molar-refractivity contribution < 1.29 is 67.3 Å². The van der Waals surface area contributed by atoms with Crippen molar-refractivity contribution in [3.8, 4) is 34.3 Å². The fourth-order valence-electron chi connectivity index (χ4n) is 5.57. The van der Waals surface area contributed by atoms with Crippen molar-refractivity contribution in [3.63, 3.8) is 0 Å². The van der Waals surface area contributed by atoms with Crippen molar-refractivity contribution in [1.29, 1.82) is 0 Å². The second-order valence-electron chi connectivity index (χ2n) is 11.5. The summed E-state index contributed by atoms with van der Waals surface area (Å²) in [7, 11) is -2.97. The van der Waals surface area contributed by atoms with Gasteiger partial charge in [-0.15, -0.1) is 0 Å². The Morgan fingerprint density at radius 2 is 1.25 bits per heavy atom. The zero-order valence-corrected chi connectivity index (χ0v) is 32.8. The van der Waals surface area contributed by atoms with Crippen molar-refractivity contribution in [2.24, 2.45) is 0 Å². The molecule has 1 fully saturated rings. The van der Waals surface area contributed by atoms with Crippen LogP contribution in [0.15, 0.2) is 121 Å². The molecule has 4 aromatic rings. The molecule has 5 heterocycles. The molecule has 0 amide bonds. The van der Waals surface area contributed by atoms with E-state index in [2.05, 4.69) is 51.5 Å². The summed E-state index contributed by atoms with van der Waals surface area (Å²) in [6.07, 6.45) is 17.0. The molecule has 2 aliphatic carbocycles. The fraction of sp³-hybridized carbons (Fsp3) is 0.108. The number of allylic oxidation sites excluding steroid dienone is 6. The third-order valence-corrected chi connectivity index (χ3v) is 12.2. The summed E-state index contributed by atoms with van der Waals surface area (Å²) >= 11 is 3.70. The zero-order valence-electron chi connectivity index (χ0n) is 28.2. The van der Waals surface area contributed by atoms with Gasteiger partial charge in [-0.1, -0.05) is 48.7 Å². The van der Waals surface area contributed by atoms with E-state index in [9.17, 15) is 19.5 Å². The van der Waals surface area contributed by atoms with Crippen molar-refractivity contribution >= 4 is 52.0 Å². The summed E-state index contributed by atoms with van der Waals surface area (Å²) in [5, 5.41) is 37.3. The predicted molar refractivity (Wildman–Crippen MR) is 205 cm³/mol. The summed E-state index contributed by atoms with van der Waals surface area (Å²) in [5.41, 5.74) is 0.591. The molecule has 1 saturated heterocycles. The van der Waals surface area contributed by atoms with E-state index in [-0.39, 0.29) is 70.7 Å². The Labute approximate surface area is 334 Å². The van der Waals surface area contributed by atoms with E-state index < -0.39 is 34.7 Å². The fourth-order valence-corrected chi connectivity index (χ4v) is 9.87. The summed E-state index contributed by atoms with van der Waals surface area (Å²) < 4.78 is 24.7. The SMILES string of the molecule is C1=CCC2O[PH+](C3=CC=CCC3[PH+]3Oc4ccccc4O3)OC2=C1.O=C(O)c1ccnc(-c2cc(C(=O)O)cc(-c3cc(C(=O)O)ccn3)n2)c1.[N-]=C=S.[Ru+]. The summed E-state index contributed by atoms with van der Waals surface area (Å²) in [5.74, 6) is -0.885. The first-order chi connectivity index (χ1) is 26.1. The Hall–Kier alpha value is -5.32. The molecule has 279 valence electrons. The molecule has 1 aromatic carbocycles. The molecule has 3 unspecified atom stereocenters. The van der Waals surface area contributed by atoms with Crippen LogP contribution in [0.1, 0.15) is 43.9 Å². The third-order valence-electron chi connectivity index (χ3n) is 8.08. The number of aromatic nitrogens is 3. The molecule has 0 spiro atoms. The van der Waals surface area contributed by atoms with E-state index in [1.54, 1.807) is 0 Å².